The Kier molecular flexibility index (Phi) is 4.49. The molecule has 100 valence electrons. The molecule has 0 heterocycles. The van der Waals surface area contributed by atoms with Crippen molar-refractivity contribution in [3.8, 4) is 5.75 Å². The van der Waals surface area contributed by atoms with E-state index in [1.165, 1.54) is 12.1 Å². The number of benzene rings is 2. The Morgan fingerprint density at radius 1 is 1.16 bits per heavy atom. The SMILES string of the molecule is NCC(Oc1cccc(CO)c1)c1ccc(F)cc1. The average Bonchev–Trinajstić information content (AvgIpc) is 2.46. The smallest absolute Gasteiger partial charge is 0.136 e. The van der Waals surface area contributed by atoms with Crippen LogP contribution in [0.2, 0.25) is 0 Å². The third-order valence-electron chi connectivity index (χ3n) is 2.82. The fourth-order valence-corrected chi connectivity index (χ4v) is 1.81. The fourth-order valence-electron chi connectivity index (χ4n) is 1.81. The molecule has 1 unspecified atom stereocenters. The molecule has 2 aromatic rings. The van der Waals surface area contributed by atoms with Crippen molar-refractivity contribution in [2.24, 2.45) is 5.73 Å². The first-order valence-electron chi connectivity index (χ1n) is 6.05. The molecule has 0 fully saturated rings. The van der Waals surface area contributed by atoms with Gasteiger partial charge in [-0.2, -0.15) is 0 Å². The normalized spacial score (nSPS) is 12.2. The monoisotopic (exact) mass is 261 g/mol. The van der Waals surface area contributed by atoms with E-state index in [1.807, 2.05) is 6.07 Å². The van der Waals surface area contributed by atoms with Crippen molar-refractivity contribution in [1.82, 2.24) is 0 Å². The second kappa shape index (κ2) is 6.31. The van der Waals surface area contributed by atoms with E-state index in [0.29, 0.717) is 5.75 Å². The highest BCUT2D eigenvalue weighted by Crippen LogP contribution is 2.22. The number of aliphatic hydroxyl groups is 1. The molecular formula is C15H16FNO2. The van der Waals surface area contributed by atoms with Crippen LogP contribution in [0, 0.1) is 5.82 Å². The van der Waals surface area contributed by atoms with Crippen molar-refractivity contribution in [1.29, 1.82) is 0 Å². The molecule has 2 aromatic carbocycles. The molecule has 0 saturated heterocycles. The van der Waals surface area contributed by atoms with Gasteiger partial charge in [0.25, 0.3) is 0 Å². The third kappa shape index (κ3) is 3.53. The summed E-state index contributed by atoms with van der Waals surface area (Å²) in [6.07, 6.45) is -0.338. The molecule has 0 aliphatic rings. The third-order valence-corrected chi connectivity index (χ3v) is 2.82. The number of hydrogen-bond acceptors (Lipinski definition) is 3. The molecule has 0 aliphatic carbocycles. The highest BCUT2D eigenvalue weighted by Gasteiger charge is 2.11. The lowest BCUT2D eigenvalue weighted by molar-refractivity contribution is 0.213. The van der Waals surface area contributed by atoms with E-state index in [2.05, 4.69) is 0 Å². The highest BCUT2D eigenvalue weighted by molar-refractivity contribution is 5.29. The first-order chi connectivity index (χ1) is 9.22. The Hall–Kier alpha value is -1.91. The Balaban J connectivity index is 2.16. The minimum Gasteiger partial charge on any atom is -0.484 e. The Morgan fingerprint density at radius 2 is 1.89 bits per heavy atom. The molecule has 2 rings (SSSR count). The van der Waals surface area contributed by atoms with E-state index < -0.39 is 0 Å². The maximum absolute atomic E-state index is 12.9. The summed E-state index contributed by atoms with van der Waals surface area (Å²) in [6, 6.07) is 13.2. The van der Waals surface area contributed by atoms with Gasteiger partial charge in [0.1, 0.15) is 17.7 Å². The van der Waals surface area contributed by atoms with Crippen LogP contribution in [0.1, 0.15) is 17.2 Å². The summed E-state index contributed by atoms with van der Waals surface area (Å²) in [7, 11) is 0. The van der Waals surface area contributed by atoms with E-state index in [1.54, 1.807) is 30.3 Å². The summed E-state index contributed by atoms with van der Waals surface area (Å²) in [5.41, 5.74) is 7.28. The maximum Gasteiger partial charge on any atom is 0.136 e. The van der Waals surface area contributed by atoms with E-state index in [-0.39, 0.29) is 25.1 Å². The quantitative estimate of drug-likeness (QED) is 0.869. The Bertz CT molecular complexity index is 528. The van der Waals surface area contributed by atoms with Crippen molar-refractivity contribution in [3.63, 3.8) is 0 Å². The van der Waals surface area contributed by atoms with Gasteiger partial charge in [-0.1, -0.05) is 24.3 Å². The summed E-state index contributed by atoms with van der Waals surface area (Å²) < 4.78 is 18.7. The predicted molar refractivity (Wildman–Crippen MR) is 71.2 cm³/mol. The molecule has 0 bridgehead atoms. The summed E-state index contributed by atoms with van der Waals surface area (Å²) in [5.74, 6) is 0.341. The van der Waals surface area contributed by atoms with Crippen LogP contribution in [-0.2, 0) is 6.61 Å². The summed E-state index contributed by atoms with van der Waals surface area (Å²) >= 11 is 0. The standard InChI is InChI=1S/C15H16FNO2/c16-13-6-4-12(5-7-13)15(9-17)19-14-3-1-2-11(8-14)10-18/h1-8,15,18H,9-10,17H2. The van der Waals surface area contributed by atoms with Crippen molar-refractivity contribution >= 4 is 0 Å². The summed E-state index contributed by atoms with van der Waals surface area (Å²) in [5, 5.41) is 9.08. The largest absolute Gasteiger partial charge is 0.484 e. The van der Waals surface area contributed by atoms with Crippen molar-refractivity contribution in [2.45, 2.75) is 12.7 Å². The van der Waals surface area contributed by atoms with Crippen LogP contribution in [-0.4, -0.2) is 11.7 Å². The van der Waals surface area contributed by atoms with Gasteiger partial charge >= 0.3 is 0 Å². The minimum absolute atomic E-state index is 0.0406. The predicted octanol–water partition coefficient (Wildman–Crippen LogP) is 2.40. The molecule has 3 N–H and O–H groups in total. The molecule has 0 aliphatic heterocycles. The summed E-state index contributed by atoms with van der Waals surface area (Å²) in [6.45, 7) is 0.246. The van der Waals surface area contributed by atoms with Crippen LogP contribution in [0.5, 0.6) is 5.75 Å². The molecule has 0 aromatic heterocycles. The fraction of sp³-hybridized carbons (Fsp3) is 0.200. The molecule has 3 nitrogen and oxygen atoms in total. The number of halogens is 1. The number of ether oxygens (including phenoxy) is 1. The number of aliphatic hydroxyl groups excluding tert-OH is 1. The molecule has 1 atom stereocenters. The van der Waals surface area contributed by atoms with Crippen LogP contribution < -0.4 is 10.5 Å². The molecule has 0 radical (unpaired) electrons. The van der Waals surface area contributed by atoms with Crippen LogP contribution in [0.25, 0.3) is 0 Å². The van der Waals surface area contributed by atoms with Gasteiger partial charge in [0.05, 0.1) is 6.61 Å². The molecule has 0 spiro atoms. The second-order valence-corrected chi connectivity index (χ2v) is 4.20. The van der Waals surface area contributed by atoms with E-state index in [4.69, 9.17) is 15.6 Å². The van der Waals surface area contributed by atoms with Crippen LogP contribution in [0.3, 0.4) is 0 Å². The molecular weight excluding hydrogens is 245 g/mol. The average molecular weight is 261 g/mol. The van der Waals surface area contributed by atoms with Gasteiger partial charge in [-0.15, -0.1) is 0 Å². The van der Waals surface area contributed by atoms with Gasteiger partial charge in [-0.05, 0) is 35.4 Å². The van der Waals surface area contributed by atoms with Crippen LogP contribution in [0.15, 0.2) is 48.5 Å². The van der Waals surface area contributed by atoms with Gasteiger partial charge < -0.3 is 15.6 Å². The maximum atomic E-state index is 12.9. The second-order valence-electron chi connectivity index (χ2n) is 4.20. The molecule has 19 heavy (non-hydrogen) atoms. The molecule has 4 heteroatoms. The Morgan fingerprint density at radius 3 is 2.53 bits per heavy atom. The zero-order chi connectivity index (χ0) is 13.7. The van der Waals surface area contributed by atoms with Gasteiger partial charge in [-0.3, -0.25) is 0 Å². The first kappa shape index (κ1) is 13.5. The minimum atomic E-state index is -0.338. The summed E-state index contributed by atoms with van der Waals surface area (Å²) in [4.78, 5) is 0. The van der Waals surface area contributed by atoms with Crippen LogP contribution >= 0.6 is 0 Å². The van der Waals surface area contributed by atoms with Gasteiger partial charge in [0.2, 0.25) is 0 Å². The molecule has 0 amide bonds. The van der Waals surface area contributed by atoms with Crippen LogP contribution in [0.4, 0.5) is 4.39 Å². The van der Waals surface area contributed by atoms with E-state index in [0.717, 1.165) is 11.1 Å². The zero-order valence-corrected chi connectivity index (χ0v) is 10.4. The first-order valence-corrected chi connectivity index (χ1v) is 6.05. The molecule has 0 saturated carbocycles. The Labute approximate surface area is 111 Å². The van der Waals surface area contributed by atoms with Crippen molar-refractivity contribution < 1.29 is 14.2 Å². The van der Waals surface area contributed by atoms with E-state index in [9.17, 15) is 4.39 Å². The topological polar surface area (TPSA) is 55.5 Å². The lowest BCUT2D eigenvalue weighted by Crippen LogP contribution is -2.18. The zero-order valence-electron chi connectivity index (χ0n) is 10.4. The lowest BCUT2D eigenvalue weighted by Gasteiger charge is -2.18. The van der Waals surface area contributed by atoms with E-state index >= 15 is 0 Å². The van der Waals surface area contributed by atoms with Gasteiger partial charge in [0.15, 0.2) is 0 Å². The number of rotatable bonds is 5. The lowest BCUT2D eigenvalue weighted by atomic mass is 10.1. The van der Waals surface area contributed by atoms with Crippen molar-refractivity contribution in [2.75, 3.05) is 6.54 Å². The number of hydrogen-bond donors (Lipinski definition) is 2. The van der Waals surface area contributed by atoms with Crippen molar-refractivity contribution in [3.05, 3.63) is 65.5 Å². The highest BCUT2D eigenvalue weighted by atomic mass is 19.1. The van der Waals surface area contributed by atoms with Gasteiger partial charge in [0, 0.05) is 6.54 Å². The van der Waals surface area contributed by atoms with Gasteiger partial charge in [-0.25, -0.2) is 4.39 Å². The number of nitrogens with two attached hydrogens (primary N) is 1.